The number of rotatable bonds is 5. The Hall–Kier alpha value is -3.42. The van der Waals surface area contributed by atoms with Gasteiger partial charge in [0.1, 0.15) is 17.5 Å². The van der Waals surface area contributed by atoms with Crippen LogP contribution in [0.3, 0.4) is 0 Å². The van der Waals surface area contributed by atoms with E-state index in [2.05, 4.69) is 22.6 Å². The van der Waals surface area contributed by atoms with Crippen molar-refractivity contribution in [3.63, 3.8) is 0 Å². The average Bonchev–Trinajstić information content (AvgIpc) is 3.04. The van der Waals surface area contributed by atoms with Crippen molar-refractivity contribution in [2.75, 3.05) is 11.8 Å². The predicted molar refractivity (Wildman–Crippen MR) is 119 cm³/mol. The smallest absolute Gasteiger partial charge is 0.235 e. The van der Waals surface area contributed by atoms with Crippen LogP contribution in [0.1, 0.15) is 37.6 Å². The Morgan fingerprint density at radius 1 is 1.13 bits per heavy atom. The van der Waals surface area contributed by atoms with Gasteiger partial charge >= 0.3 is 0 Å². The van der Waals surface area contributed by atoms with Crippen LogP contribution >= 0.6 is 0 Å². The van der Waals surface area contributed by atoms with Crippen molar-refractivity contribution in [3.8, 4) is 23.7 Å². The number of nitriles is 1. The number of sulfonamides is 1. The van der Waals surface area contributed by atoms with Crippen molar-refractivity contribution in [2.24, 2.45) is 0 Å². The molecule has 3 rings (SSSR count). The van der Waals surface area contributed by atoms with Crippen LogP contribution in [0.2, 0.25) is 0 Å². The zero-order valence-electron chi connectivity index (χ0n) is 17.4. The van der Waals surface area contributed by atoms with Gasteiger partial charge in [0, 0.05) is 29.2 Å². The van der Waals surface area contributed by atoms with E-state index < -0.39 is 15.3 Å². The van der Waals surface area contributed by atoms with Crippen LogP contribution < -0.4 is 9.46 Å². The number of methoxy groups -OCH3 is 1. The van der Waals surface area contributed by atoms with Crippen molar-refractivity contribution >= 4 is 26.6 Å². The first-order chi connectivity index (χ1) is 14.3. The highest BCUT2D eigenvalue weighted by molar-refractivity contribution is 7.93. The van der Waals surface area contributed by atoms with Crippen molar-refractivity contribution in [1.82, 2.24) is 4.57 Å². The summed E-state index contributed by atoms with van der Waals surface area (Å²) in [6, 6.07) is 14.7. The lowest BCUT2D eigenvalue weighted by molar-refractivity contribution is 0.415. The van der Waals surface area contributed by atoms with Gasteiger partial charge in [0.25, 0.3) is 0 Å². The molecule has 0 saturated carbocycles. The largest absolute Gasteiger partial charge is 0.497 e. The molecule has 154 valence electrons. The molecule has 7 heteroatoms. The maximum atomic E-state index is 12.0. The number of nitrogens with one attached hydrogen (secondary N) is 1. The average molecular weight is 422 g/mol. The van der Waals surface area contributed by atoms with Crippen LogP contribution in [0.25, 0.3) is 10.9 Å². The Kier molecular flexibility index (Phi) is 6.05. The predicted octanol–water partition coefficient (Wildman–Crippen LogP) is 4.09. The molecule has 0 saturated heterocycles. The summed E-state index contributed by atoms with van der Waals surface area (Å²) in [6.07, 6.45) is 0. The Bertz CT molecular complexity index is 1290. The maximum Gasteiger partial charge on any atom is 0.235 e. The molecule has 0 aliphatic heterocycles. The molecule has 0 aliphatic rings. The van der Waals surface area contributed by atoms with E-state index in [9.17, 15) is 13.7 Å². The molecule has 0 spiro atoms. The Morgan fingerprint density at radius 3 is 2.40 bits per heavy atom. The topological polar surface area (TPSA) is 84.1 Å². The van der Waals surface area contributed by atoms with Gasteiger partial charge in [-0.1, -0.05) is 5.92 Å². The Morgan fingerprint density at radius 2 is 1.83 bits per heavy atom. The van der Waals surface area contributed by atoms with Gasteiger partial charge in [-0.3, -0.25) is 4.72 Å². The number of nitrogens with zero attached hydrogens (tertiary/aromatic N) is 2. The number of benzene rings is 2. The fourth-order valence-corrected chi connectivity index (χ4v) is 3.76. The molecule has 30 heavy (non-hydrogen) atoms. The number of hydrogen-bond donors (Lipinski definition) is 1. The molecule has 1 N–H and O–H groups in total. The van der Waals surface area contributed by atoms with Gasteiger partial charge in [0.05, 0.1) is 23.4 Å². The number of fused-ring (bicyclic) bond motifs is 1. The highest BCUT2D eigenvalue weighted by atomic mass is 32.2. The molecule has 0 fully saturated rings. The van der Waals surface area contributed by atoms with Crippen LogP contribution in [0.5, 0.6) is 5.75 Å². The summed E-state index contributed by atoms with van der Waals surface area (Å²) in [6.45, 7) is 5.90. The number of ether oxygens (including phenoxy) is 1. The van der Waals surface area contributed by atoms with E-state index in [1.165, 1.54) is 0 Å². The second-order valence-electron chi connectivity index (χ2n) is 6.99. The van der Waals surface area contributed by atoms with Crippen LogP contribution in [0.4, 0.5) is 5.69 Å². The quantitative estimate of drug-likeness (QED) is 0.629. The first-order valence-electron chi connectivity index (χ1n) is 9.54. The summed E-state index contributed by atoms with van der Waals surface area (Å²) < 4.78 is 33.8. The van der Waals surface area contributed by atoms with E-state index in [-0.39, 0.29) is 0 Å². The molecule has 0 atom stereocenters. The standard InChI is InChI=1S/C23H23N3O3S/c1-5-26-22(21(15-24)20-12-11-19(29-4)14-23(20)26)13-8-17-6-9-18(10-7-17)25-30(27,28)16(2)3/h6-7,9-12,14,16,25H,5H2,1-4H3. The van der Waals surface area contributed by atoms with Crippen molar-refractivity contribution < 1.29 is 13.2 Å². The summed E-state index contributed by atoms with van der Waals surface area (Å²) in [5.41, 5.74) is 3.28. The number of aryl methyl sites for hydroxylation is 1. The molecule has 1 heterocycles. The lowest BCUT2D eigenvalue weighted by Crippen LogP contribution is -2.22. The summed E-state index contributed by atoms with van der Waals surface area (Å²) in [4.78, 5) is 0. The lowest BCUT2D eigenvalue weighted by Gasteiger charge is -2.10. The lowest BCUT2D eigenvalue weighted by atomic mass is 10.1. The highest BCUT2D eigenvalue weighted by Crippen LogP contribution is 2.29. The molecular formula is C23H23N3O3S. The fourth-order valence-electron chi connectivity index (χ4n) is 3.06. The first kappa shape index (κ1) is 21.3. The maximum absolute atomic E-state index is 12.0. The van der Waals surface area contributed by atoms with Crippen LogP contribution in [0, 0.1) is 23.2 Å². The van der Waals surface area contributed by atoms with Crippen LogP contribution in [-0.2, 0) is 16.6 Å². The van der Waals surface area contributed by atoms with Crippen molar-refractivity contribution in [3.05, 3.63) is 59.3 Å². The third-order valence-electron chi connectivity index (χ3n) is 4.79. The van der Waals surface area contributed by atoms with Gasteiger partial charge in [-0.05, 0) is 63.1 Å². The van der Waals surface area contributed by atoms with E-state index in [1.54, 1.807) is 45.2 Å². The number of anilines is 1. The fraction of sp³-hybridized carbons (Fsp3) is 0.261. The van der Waals surface area contributed by atoms with E-state index >= 15 is 0 Å². The van der Waals surface area contributed by atoms with E-state index in [0.29, 0.717) is 23.5 Å². The Labute approximate surface area is 177 Å². The molecule has 2 aromatic carbocycles. The molecule has 6 nitrogen and oxygen atoms in total. The summed E-state index contributed by atoms with van der Waals surface area (Å²) in [5.74, 6) is 6.93. The SMILES string of the molecule is CCn1c(C#Cc2ccc(NS(=O)(=O)C(C)C)cc2)c(C#N)c2ccc(OC)cc21. The zero-order chi connectivity index (χ0) is 21.9. The Balaban J connectivity index is 1.99. The normalized spacial score (nSPS) is 11.1. The highest BCUT2D eigenvalue weighted by Gasteiger charge is 2.16. The number of hydrogen-bond acceptors (Lipinski definition) is 4. The van der Waals surface area contributed by atoms with Gasteiger partial charge < -0.3 is 9.30 Å². The van der Waals surface area contributed by atoms with Gasteiger partial charge in [-0.25, -0.2) is 8.42 Å². The molecule has 3 aromatic rings. The zero-order valence-corrected chi connectivity index (χ0v) is 18.2. The van der Waals surface area contributed by atoms with Gasteiger partial charge in [0.2, 0.25) is 10.0 Å². The summed E-state index contributed by atoms with van der Waals surface area (Å²) in [5, 5.41) is 10.0. The van der Waals surface area contributed by atoms with Crippen LogP contribution in [-0.4, -0.2) is 25.3 Å². The molecular weight excluding hydrogens is 398 g/mol. The minimum Gasteiger partial charge on any atom is -0.497 e. The van der Waals surface area contributed by atoms with Gasteiger partial charge in [-0.15, -0.1) is 0 Å². The van der Waals surface area contributed by atoms with Gasteiger partial charge in [-0.2, -0.15) is 5.26 Å². The summed E-state index contributed by atoms with van der Waals surface area (Å²) in [7, 11) is -1.79. The minimum atomic E-state index is -3.39. The van der Waals surface area contributed by atoms with E-state index in [4.69, 9.17) is 4.74 Å². The van der Waals surface area contributed by atoms with Gasteiger partial charge in [0.15, 0.2) is 0 Å². The van der Waals surface area contributed by atoms with E-state index in [0.717, 1.165) is 22.2 Å². The third kappa shape index (κ3) is 4.12. The molecule has 1 aromatic heterocycles. The molecule has 0 aliphatic carbocycles. The molecule has 0 bridgehead atoms. The minimum absolute atomic E-state index is 0.488. The van der Waals surface area contributed by atoms with Crippen molar-refractivity contribution in [2.45, 2.75) is 32.6 Å². The second kappa shape index (κ2) is 8.52. The third-order valence-corrected chi connectivity index (χ3v) is 6.55. The molecule has 0 unspecified atom stereocenters. The summed E-state index contributed by atoms with van der Waals surface area (Å²) >= 11 is 0. The monoisotopic (exact) mass is 421 g/mol. The first-order valence-corrected chi connectivity index (χ1v) is 11.1. The van der Waals surface area contributed by atoms with Crippen molar-refractivity contribution in [1.29, 1.82) is 5.26 Å². The van der Waals surface area contributed by atoms with E-state index in [1.807, 2.05) is 29.7 Å². The van der Waals surface area contributed by atoms with Crippen LogP contribution in [0.15, 0.2) is 42.5 Å². The molecule has 0 amide bonds. The second-order valence-corrected chi connectivity index (χ2v) is 9.22. The molecule has 0 radical (unpaired) electrons. The number of aromatic nitrogens is 1.